The Balaban J connectivity index is 1.64. The van der Waals surface area contributed by atoms with Gasteiger partial charge >= 0.3 is 0 Å². The van der Waals surface area contributed by atoms with Gasteiger partial charge in [0.1, 0.15) is 0 Å². The number of nitrogens with zero attached hydrogens (tertiary/aromatic N) is 1. The molecule has 0 fully saturated rings. The molecule has 0 spiro atoms. The van der Waals surface area contributed by atoms with E-state index < -0.39 is 10.0 Å². The SMILES string of the molecule is Cc1ccccc1CCC(=O)Nc1ccc2c(c1)CN(S(C)(=O)=O)CC2. The normalized spacial score (nSPS) is 14.7. The number of nitrogens with one attached hydrogen (secondary N) is 1. The summed E-state index contributed by atoms with van der Waals surface area (Å²) >= 11 is 0. The molecular weight excluding hydrogens is 348 g/mol. The zero-order valence-corrected chi connectivity index (χ0v) is 16.0. The van der Waals surface area contributed by atoms with Gasteiger partial charge in [0.2, 0.25) is 15.9 Å². The summed E-state index contributed by atoms with van der Waals surface area (Å²) in [6, 6.07) is 13.8. The van der Waals surface area contributed by atoms with Crippen LogP contribution in [0.25, 0.3) is 0 Å². The Labute approximate surface area is 155 Å². The Morgan fingerprint density at radius 2 is 1.92 bits per heavy atom. The number of benzene rings is 2. The number of fused-ring (bicyclic) bond motifs is 1. The van der Waals surface area contributed by atoms with Gasteiger partial charge in [-0.05, 0) is 54.2 Å². The van der Waals surface area contributed by atoms with Crippen molar-refractivity contribution >= 4 is 21.6 Å². The molecule has 0 saturated carbocycles. The molecule has 6 heteroatoms. The Hall–Kier alpha value is -2.18. The summed E-state index contributed by atoms with van der Waals surface area (Å²) in [6.07, 6.45) is 3.04. The van der Waals surface area contributed by atoms with Crippen LogP contribution in [0.5, 0.6) is 0 Å². The zero-order valence-electron chi connectivity index (χ0n) is 15.2. The summed E-state index contributed by atoms with van der Waals surface area (Å²) in [4.78, 5) is 12.3. The van der Waals surface area contributed by atoms with Gasteiger partial charge in [0.25, 0.3) is 0 Å². The molecule has 2 aromatic rings. The summed E-state index contributed by atoms with van der Waals surface area (Å²) in [5.41, 5.74) is 5.18. The third-order valence-electron chi connectivity index (χ3n) is 4.82. The predicted octanol–water partition coefficient (Wildman–Crippen LogP) is 2.88. The second-order valence-corrected chi connectivity index (χ2v) is 8.79. The lowest BCUT2D eigenvalue weighted by atomic mass is 10.0. The zero-order chi connectivity index (χ0) is 18.7. The number of carbonyl (C=O) groups is 1. The highest BCUT2D eigenvalue weighted by Gasteiger charge is 2.23. The highest BCUT2D eigenvalue weighted by Crippen LogP contribution is 2.24. The van der Waals surface area contributed by atoms with Crippen molar-refractivity contribution in [2.24, 2.45) is 0 Å². The van der Waals surface area contributed by atoms with Crippen molar-refractivity contribution in [3.8, 4) is 0 Å². The van der Waals surface area contributed by atoms with Crippen molar-refractivity contribution in [3.05, 3.63) is 64.7 Å². The van der Waals surface area contributed by atoms with Crippen LogP contribution in [-0.2, 0) is 34.2 Å². The van der Waals surface area contributed by atoms with Gasteiger partial charge in [-0.15, -0.1) is 0 Å². The lowest BCUT2D eigenvalue weighted by molar-refractivity contribution is -0.116. The number of amides is 1. The standard InChI is InChI=1S/C20H24N2O3S/c1-15-5-3-4-6-16(15)8-10-20(23)21-19-9-7-17-11-12-22(26(2,24)25)14-18(17)13-19/h3-7,9,13H,8,10-12,14H2,1-2H3,(H,21,23). The van der Waals surface area contributed by atoms with E-state index in [0.29, 0.717) is 38.0 Å². The average Bonchev–Trinajstić information content (AvgIpc) is 2.59. The first-order valence-electron chi connectivity index (χ1n) is 8.74. The molecule has 138 valence electrons. The van der Waals surface area contributed by atoms with Crippen LogP contribution in [0.1, 0.15) is 28.7 Å². The van der Waals surface area contributed by atoms with Crippen LogP contribution in [-0.4, -0.2) is 31.4 Å². The quantitative estimate of drug-likeness (QED) is 0.878. The van der Waals surface area contributed by atoms with E-state index in [0.717, 1.165) is 11.1 Å². The van der Waals surface area contributed by atoms with Gasteiger partial charge in [-0.1, -0.05) is 30.3 Å². The van der Waals surface area contributed by atoms with Gasteiger partial charge in [-0.25, -0.2) is 8.42 Å². The third-order valence-corrected chi connectivity index (χ3v) is 6.07. The Bertz CT molecular complexity index is 922. The van der Waals surface area contributed by atoms with Gasteiger partial charge in [-0.2, -0.15) is 4.31 Å². The molecule has 1 N–H and O–H groups in total. The molecule has 2 aromatic carbocycles. The number of sulfonamides is 1. The van der Waals surface area contributed by atoms with Crippen molar-refractivity contribution in [2.75, 3.05) is 18.1 Å². The van der Waals surface area contributed by atoms with Crippen LogP contribution in [0.15, 0.2) is 42.5 Å². The predicted molar refractivity (Wildman–Crippen MR) is 104 cm³/mol. The van der Waals surface area contributed by atoms with Crippen LogP contribution in [0.2, 0.25) is 0 Å². The van der Waals surface area contributed by atoms with E-state index in [4.69, 9.17) is 0 Å². The minimum Gasteiger partial charge on any atom is -0.326 e. The Kier molecular flexibility index (Phi) is 5.44. The molecule has 0 saturated heterocycles. The number of rotatable bonds is 5. The summed E-state index contributed by atoms with van der Waals surface area (Å²) in [5, 5.41) is 2.93. The molecular formula is C20H24N2O3S. The molecule has 0 unspecified atom stereocenters. The molecule has 3 rings (SSSR count). The molecule has 5 nitrogen and oxygen atoms in total. The fourth-order valence-electron chi connectivity index (χ4n) is 3.25. The first kappa shape index (κ1) is 18.6. The maximum absolute atomic E-state index is 12.3. The summed E-state index contributed by atoms with van der Waals surface area (Å²) in [7, 11) is -3.20. The largest absolute Gasteiger partial charge is 0.326 e. The monoisotopic (exact) mass is 372 g/mol. The van der Waals surface area contributed by atoms with E-state index in [1.54, 1.807) is 0 Å². The molecule has 0 bridgehead atoms. The first-order valence-corrected chi connectivity index (χ1v) is 10.6. The van der Waals surface area contributed by atoms with Crippen molar-refractivity contribution in [1.29, 1.82) is 0 Å². The van der Waals surface area contributed by atoms with E-state index in [9.17, 15) is 13.2 Å². The minimum absolute atomic E-state index is 0.0380. The highest BCUT2D eigenvalue weighted by atomic mass is 32.2. The smallest absolute Gasteiger partial charge is 0.224 e. The van der Waals surface area contributed by atoms with Gasteiger partial charge in [0.05, 0.1) is 6.26 Å². The van der Waals surface area contributed by atoms with Crippen molar-refractivity contribution in [1.82, 2.24) is 4.31 Å². The van der Waals surface area contributed by atoms with Crippen LogP contribution in [0, 0.1) is 6.92 Å². The van der Waals surface area contributed by atoms with Crippen molar-refractivity contribution < 1.29 is 13.2 Å². The highest BCUT2D eigenvalue weighted by molar-refractivity contribution is 7.88. The number of hydrogen-bond acceptors (Lipinski definition) is 3. The second-order valence-electron chi connectivity index (χ2n) is 6.80. The van der Waals surface area contributed by atoms with Gasteiger partial charge < -0.3 is 5.32 Å². The molecule has 1 aliphatic rings. The lowest BCUT2D eigenvalue weighted by Gasteiger charge is -2.27. The molecule has 0 radical (unpaired) electrons. The fourth-order valence-corrected chi connectivity index (χ4v) is 4.05. The maximum atomic E-state index is 12.3. The van der Waals surface area contributed by atoms with E-state index in [-0.39, 0.29) is 5.91 Å². The molecule has 1 amide bonds. The second kappa shape index (κ2) is 7.60. The number of carbonyl (C=O) groups excluding carboxylic acids is 1. The summed E-state index contributed by atoms with van der Waals surface area (Å²) < 4.78 is 25.0. The maximum Gasteiger partial charge on any atom is 0.224 e. The third kappa shape index (κ3) is 4.51. The molecule has 1 aliphatic heterocycles. The number of aryl methyl sites for hydroxylation is 2. The lowest BCUT2D eigenvalue weighted by Crippen LogP contribution is -2.35. The number of hydrogen-bond donors (Lipinski definition) is 1. The topological polar surface area (TPSA) is 66.5 Å². The van der Waals surface area contributed by atoms with Gasteiger partial charge in [0.15, 0.2) is 0 Å². The molecule has 0 aromatic heterocycles. The van der Waals surface area contributed by atoms with E-state index in [2.05, 4.69) is 5.32 Å². The van der Waals surface area contributed by atoms with Crippen LogP contribution < -0.4 is 5.32 Å². The van der Waals surface area contributed by atoms with Crippen LogP contribution >= 0.6 is 0 Å². The molecule has 26 heavy (non-hydrogen) atoms. The van der Waals surface area contributed by atoms with E-state index in [1.807, 2.05) is 49.4 Å². The first-order chi connectivity index (χ1) is 12.3. The fraction of sp³-hybridized carbons (Fsp3) is 0.350. The van der Waals surface area contributed by atoms with E-state index in [1.165, 1.54) is 21.7 Å². The van der Waals surface area contributed by atoms with Crippen molar-refractivity contribution in [2.45, 2.75) is 32.7 Å². The molecule has 0 atom stereocenters. The Morgan fingerprint density at radius 3 is 2.65 bits per heavy atom. The molecule has 1 heterocycles. The number of anilines is 1. The van der Waals surface area contributed by atoms with Gasteiger partial charge in [0, 0.05) is 25.2 Å². The van der Waals surface area contributed by atoms with Crippen molar-refractivity contribution in [3.63, 3.8) is 0 Å². The summed E-state index contributed by atoms with van der Waals surface area (Å²) in [6.45, 7) is 2.92. The van der Waals surface area contributed by atoms with Crippen LogP contribution in [0.4, 0.5) is 5.69 Å². The summed E-state index contributed by atoms with van der Waals surface area (Å²) in [5.74, 6) is -0.0380. The molecule has 0 aliphatic carbocycles. The average molecular weight is 372 g/mol. The van der Waals surface area contributed by atoms with Crippen LogP contribution in [0.3, 0.4) is 0 Å². The van der Waals surface area contributed by atoms with E-state index >= 15 is 0 Å². The Morgan fingerprint density at radius 1 is 1.15 bits per heavy atom. The minimum atomic E-state index is -3.20. The van der Waals surface area contributed by atoms with Gasteiger partial charge in [-0.3, -0.25) is 4.79 Å².